The Morgan fingerprint density at radius 3 is 2.58 bits per heavy atom. The molecule has 1 aromatic carbocycles. The molecule has 102 valence electrons. The molecule has 5 heteroatoms. The van der Waals surface area contributed by atoms with Gasteiger partial charge in [-0.05, 0) is 43.5 Å². The fourth-order valence-electron chi connectivity index (χ4n) is 2.19. The van der Waals surface area contributed by atoms with E-state index in [0.717, 1.165) is 12.8 Å². The lowest BCUT2D eigenvalue weighted by Gasteiger charge is -2.21. The van der Waals surface area contributed by atoms with Crippen LogP contribution in [0.25, 0.3) is 0 Å². The van der Waals surface area contributed by atoms with Gasteiger partial charge in [-0.3, -0.25) is 4.79 Å². The first-order valence-electron chi connectivity index (χ1n) is 6.30. The van der Waals surface area contributed by atoms with Crippen LogP contribution in [0.15, 0.2) is 18.2 Å². The summed E-state index contributed by atoms with van der Waals surface area (Å²) in [6.45, 7) is 2.96. The molecule has 0 radical (unpaired) electrons. The number of carbonyl (C=O) groups is 2. The summed E-state index contributed by atoms with van der Waals surface area (Å²) in [5.74, 6) is -1.00. The van der Waals surface area contributed by atoms with Crippen LogP contribution in [0.1, 0.15) is 28.8 Å². The van der Waals surface area contributed by atoms with Gasteiger partial charge in [0.25, 0.3) is 0 Å². The van der Waals surface area contributed by atoms with Crippen LogP contribution in [-0.2, 0) is 9.53 Å². The van der Waals surface area contributed by atoms with Gasteiger partial charge in [-0.1, -0.05) is 0 Å². The molecule has 1 aliphatic rings. The van der Waals surface area contributed by atoms with E-state index in [2.05, 4.69) is 5.32 Å². The van der Waals surface area contributed by atoms with Crippen LogP contribution >= 0.6 is 0 Å². The van der Waals surface area contributed by atoms with E-state index in [1.165, 1.54) is 6.07 Å². The van der Waals surface area contributed by atoms with Crippen molar-refractivity contribution in [3.05, 3.63) is 29.3 Å². The van der Waals surface area contributed by atoms with Gasteiger partial charge >= 0.3 is 5.97 Å². The van der Waals surface area contributed by atoms with Gasteiger partial charge in [0.1, 0.15) is 0 Å². The number of amides is 1. The highest BCUT2D eigenvalue weighted by atomic mass is 16.5. The van der Waals surface area contributed by atoms with Crippen molar-refractivity contribution in [3.63, 3.8) is 0 Å². The maximum Gasteiger partial charge on any atom is 0.335 e. The van der Waals surface area contributed by atoms with Crippen molar-refractivity contribution in [1.29, 1.82) is 0 Å². The molecular formula is C14H17NO4. The fraction of sp³-hybridized carbons (Fsp3) is 0.429. The topological polar surface area (TPSA) is 75.6 Å². The number of benzene rings is 1. The lowest BCUT2D eigenvalue weighted by Crippen LogP contribution is -2.28. The Hall–Kier alpha value is -1.88. The van der Waals surface area contributed by atoms with E-state index in [4.69, 9.17) is 9.84 Å². The van der Waals surface area contributed by atoms with Gasteiger partial charge in [0.05, 0.1) is 5.56 Å². The summed E-state index contributed by atoms with van der Waals surface area (Å²) in [4.78, 5) is 22.9. The summed E-state index contributed by atoms with van der Waals surface area (Å²) < 4.78 is 5.22. The average molecular weight is 263 g/mol. The molecule has 2 N–H and O–H groups in total. The number of aromatic carboxylic acids is 1. The second-order valence-corrected chi connectivity index (χ2v) is 4.71. The zero-order valence-electron chi connectivity index (χ0n) is 10.8. The standard InChI is InChI=1S/C14H17NO4/c1-9-8-11(2-3-12(9)14(17)18)15-13(16)10-4-6-19-7-5-10/h2-3,8,10H,4-7H2,1H3,(H,15,16)(H,17,18). The predicted octanol–water partition coefficient (Wildman–Crippen LogP) is 2.06. The molecule has 1 heterocycles. The van der Waals surface area contributed by atoms with E-state index >= 15 is 0 Å². The van der Waals surface area contributed by atoms with Gasteiger partial charge in [0.15, 0.2) is 0 Å². The third-order valence-corrected chi connectivity index (χ3v) is 3.32. The number of hydrogen-bond acceptors (Lipinski definition) is 3. The quantitative estimate of drug-likeness (QED) is 0.875. The minimum Gasteiger partial charge on any atom is -0.478 e. The summed E-state index contributed by atoms with van der Waals surface area (Å²) in [7, 11) is 0. The zero-order chi connectivity index (χ0) is 13.8. The molecule has 1 aliphatic heterocycles. The Morgan fingerprint density at radius 2 is 2.00 bits per heavy atom. The Labute approximate surface area is 111 Å². The van der Waals surface area contributed by atoms with Crippen molar-refractivity contribution in [3.8, 4) is 0 Å². The Bertz CT molecular complexity index is 492. The minimum absolute atomic E-state index is 0.0202. The van der Waals surface area contributed by atoms with Crippen LogP contribution in [0.4, 0.5) is 5.69 Å². The molecule has 0 atom stereocenters. The van der Waals surface area contributed by atoms with E-state index in [1.54, 1.807) is 19.1 Å². The van der Waals surface area contributed by atoms with Gasteiger partial charge in [-0.2, -0.15) is 0 Å². The van der Waals surface area contributed by atoms with E-state index in [0.29, 0.717) is 24.5 Å². The van der Waals surface area contributed by atoms with E-state index < -0.39 is 5.97 Å². The number of rotatable bonds is 3. The Balaban J connectivity index is 2.04. The molecule has 19 heavy (non-hydrogen) atoms. The van der Waals surface area contributed by atoms with Gasteiger partial charge in [0, 0.05) is 24.8 Å². The SMILES string of the molecule is Cc1cc(NC(=O)C2CCOCC2)ccc1C(=O)O. The smallest absolute Gasteiger partial charge is 0.335 e. The molecule has 1 saturated heterocycles. The van der Waals surface area contributed by atoms with Crippen LogP contribution in [0, 0.1) is 12.8 Å². The third-order valence-electron chi connectivity index (χ3n) is 3.32. The van der Waals surface area contributed by atoms with Crippen molar-refractivity contribution >= 4 is 17.6 Å². The maximum atomic E-state index is 12.0. The number of carboxylic acid groups (broad SMARTS) is 1. The van der Waals surface area contributed by atoms with Crippen molar-refractivity contribution in [2.75, 3.05) is 18.5 Å². The highest BCUT2D eigenvalue weighted by Gasteiger charge is 2.21. The molecule has 0 aromatic heterocycles. The molecule has 0 aliphatic carbocycles. The van der Waals surface area contributed by atoms with Crippen molar-refractivity contribution in [1.82, 2.24) is 0 Å². The van der Waals surface area contributed by atoms with Crippen LogP contribution < -0.4 is 5.32 Å². The minimum atomic E-state index is -0.959. The first kappa shape index (κ1) is 13.5. The maximum absolute atomic E-state index is 12.0. The van der Waals surface area contributed by atoms with Crippen LogP contribution in [0.3, 0.4) is 0 Å². The molecule has 1 aromatic rings. The van der Waals surface area contributed by atoms with Crippen LogP contribution in [0.5, 0.6) is 0 Å². The Morgan fingerprint density at radius 1 is 1.32 bits per heavy atom. The number of anilines is 1. The first-order chi connectivity index (χ1) is 9.08. The largest absolute Gasteiger partial charge is 0.478 e. The summed E-state index contributed by atoms with van der Waals surface area (Å²) in [5, 5.41) is 11.8. The molecule has 0 unspecified atom stereocenters. The van der Waals surface area contributed by atoms with Gasteiger partial charge in [0.2, 0.25) is 5.91 Å². The monoisotopic (exact) mass is 263 g/mol. The first-order valence-corrected chi connectivity index (χ1v) is 6.30. The molecule has 5 nitrogen and oxygen atoms in total. The highest BCUT2D eigenvalue weighted by molar-refractivity contribution is 5.94. The molecular weight excluding hydrogens is 246 g/mol. The van der Waals surface area contributed by atoms with Crippen molar-refractivity contribution < 1.29 is 19.4 Å². The second-order valence-electron chi connectivity index (χ2n) is 4.71. The summed E-state index contributed by atoms with van der Waals surface area (Å²) in [6.07, 6.45) is 1.47. The van der Waals surface area contributed by atoms with Gasteiger partial charge in [-0.25, -0.2) is 4.79 Å². The Kier molecular flexibility index (Phi) is 4.16. The van der Waals surface area contributed by atoms with E-state index in [-0.39, 0.29) is 17.4 Å². The van der Waals surface area contributed by atoms with Crippen LogP contribution in [0.2, 0.25) is 0 Å². The van der Waals surface area contributed by atoms with Gasteiger partial charge < -0.3 is 15.2 Å². The average Bonchev–Trinajstić information content (AvgIpc) is 2.39. The fourth-order valence-corrected chi connectivity index (χ4v) is 2.19. The zero-order valence-corrected chi connectivity index (χ0v) is 10.8. The van der Waals surface area contributed by atoms with E-state index in [9.17, 15) is 9.59 Å². The van der Waals surface area contributed by atoms with Crippen LogP contribution in [-0.4, -0.2) is 30.2 Å². The van der Waals surface area contributed by atoms with E-state index in [1.807, 2.05) is 0 Å². The third kappa shape index (κ3) is 3.32. The number of carboxylic acids is 1. The number of ether oxygens (including phenoxy) is 1. The molecule has 0 spiro atoms. The van der Waals surface area contributed by atoms with Crippen molar-refractivity contribution in [2.24, 2.45) is 5.92 Å². The predicted molar refractivity (Wildman–Crippen MR) is 70.3 cm³/mol. The normalized spacial score (nSPS) is 16.1. The number of nitrogens with one attached hydrogen (secondary N) is 1. The second kappa shape index (κ2) is 5.84. The molecule has 1 fully saturated rings. The lowest BCUT2D eigenvalue weighted by molar-refractivity contribution is -0.122. The lowest BCUT2D eigenvalue weighted by atomic mass is 9.99. The summed E-state index contributed by atoms with van der Waals surface area (Å²) in [5.41, 5.74) is 1.53. The number of aryl methyl sites for hydroxylation is 1. The molecule has 0 saturated carbocycles. The van der Waals surface area contributed by atoms with Crippen molar-refractivity contribution in [2.45, 2.75) is 19.8 Å². The summed E-state index contributed by atoms with van der Waals surface area (Å²) >= 11 is 0. The number of hydrogen-bond donors (Lipinski definition) is 2. The summed E-state index contributed by atoms with van der Waals surface area (Å²) in [6, 6.07) is 4.81. The molecule has 0 bridgehead atoms. The highest BCUT2D eigenvalue weighted by Crippen LogP contribution is 2.19. The molecule has 2 rings (SSSR count). The molecule has 1 amide bonds. The van der Waals surface area contributed by atoms with Gasteiger partial charge in [-0.15, -0.1) is 0 Å². The number of carbonyl (C=O) groups excluding carboxylic acids is 1.